The minimum atomic E-state index is -0.0747. The fourth-order valence-corrected chi connectivity index (χ4v) is 5.10. The van der Waals surface area contributed by atoms with Crippen LogP contribution in [0.25, 0.3) is 0 Å². The van der Waals surface area contributed by atoms with Crippen molar-refractivity contribution in [1.29, 1.82) is 0 Å². The molecule has 1 aromatic rings. The second-order valence-electron chi connectivity index (χ2n) is 6.95. The van der Waals surface area contributed by atoms with Crippen molar-refractivity contribution in [2.45, 2.75) is 30.4 Å². The molecule has 2 aliphatic carbocycles. The van der Waals surface area contributed by atoms with Crippen LogP contribution in [0.4, 0.5) is 0 Å². The largest absolute Gasteiger partial charge is 0.497 e. The molecule has 4 nitrogen and oxygen atoms in total. The average molecular weight is 311 g/mol. The Bertz CT molecular complexity index is 766. The molecule has 4 aliphatic rings. The van der Waals surface area contributed by atoms with Gasteiger partial charge in [-0.3, -0.25) is 4.90 Å². The van der Waals surface area contributed by atoms with Gasteiger partial charge in [-0.1, -0.05) is 12.1 Å². The third kappa shape index (κ3) is 1.41. The van der Waals surface area contributed by atoms with Gasteiger partial charge in [-0.15, -0.1) is 0 Å². The molecule has 120 valence electrons. The summed E-state index contributed by atoms with van der Waals surface area (Å²) in [5.41, 5.74) is 4.15. The van der Waals surface area contributed by atoms with Crippen LogP contribution in [0.1, 0.15) is 17.5 Å². The third-order valence-corrected chi connectivity index (χ3v) is 6.16. The quantitative estimate of drug-likeness (QED) is 0.839. The van der Waals surface area contributed by atoms with Gasteiger partial charge in [-0.25, -0.2) is 0 Å². The zero-order valence-corrected chi connectivity index (χ0v) is 13.8. The summed E-state index contributed by atoms with van der Waals surface area (Å²) in [6, 6.07) is 4.72. The summed E-state index contributed by atoms with van der Waals surface area (Å²) in [7, 11) is 5.68. The lowest BCUT2D eigenvalue weighted by Crippen LogP contribution is -2.58. The Labute approximate surface area is 136 Å². The molecular formula is C19H21NO3. The highest BCUT2D eigenvalue weighted by molar-refractivity contribution is 5.67. The number of ether oxygens (including phenoxy) is 3. The Kier molecular flexibility index (Phi) is 2.54. The highest BCUT2D eigenvalue weighted by Gasteiger charge is 2.61. The molecule has 2 unspecified atom stereocenters. The first-order valence-corrected chi connectivity index (χ1v) is 8.24. The number of likely N-dealkylation sites (N-methyl/N-ethyl adjacent to an activating group) is 1. The monoisotopic (exact) mass is 311 g/mol. The zero-order chi connectivity index (χ0) is 15.8. The van der Waals surface area contributed by atoms with Gasteiger partial charge in [0.2, 0.25) is 0 Å². The van der Waals surface area contributed by atoms with Crippen molar-refractivity contribution < 1.29 is 14.2 Å². The molecule has 2 bridgehead atoms. The SMILES string of the molecule is COC1=CC=C2C3Cc4ccc(OC)c5c4C2(CCN3C)[C@H]1O5. The Hall–Kier alpha value is -1.94. The first kappa shape index (κ1) is 13.5. The van der Waals surface area contributed by atoms with E-state index in [1.165, 1.54) is 16.7 Å². The van der Waals surface area contributed by atoms with Gasteiger partial charge >= 0.3 is 0 Å². The fourth-order valence-electron chi connectivity index (χ4n) is 5.10. The molecule has 4 heteroatoms. The molecule has 3 atom stereocenters. The molecule has 0 N–H and O–H groups in total. The van der Waals surface area contributed by atoms with E-state index in [2.05, 4.69) is 30.2 Å². The van der Waals surface area contributed by atoms with E-state index in [1.807, 2.05) is 6.07 Å². The van der Waals surface area contributed by atoms with Crippen molar-refractivity contribution >= 4 is 0 Å². The van der Waals surface area contributed by atoms with Crippen molar-refractivity contribution in [2.75, 3.05) is 27.8 Å². The van der Waals surface area contributed by atoms with Gasteiger partial charge in [-0.2, -0.15) is 0 Å². The van der Waals surface area contributed by atoms with Crippen molar-refractivity contribution in [3.8, 4) is 11.5 Å². The minimum Gasteiger partial charge on any atom is -0.497 e. The molecule has 5 rings (SSSR count). The van der Waals surface area contributed by atoms with Crippen molar-refractivity contribution in [3.63, 3.8) is 0 Å². The second kappa shape index (κ2) is 4.32. The average Bonchev–Trinajstić information content (AvgIpc) is 2.92. The van der Waals surface area contributed by atoms with E-state index in [-0.39, 0.29) is 11.5 Å². The first-order chi connectivity index (χ1) is 11.2. The summed E-state index contributed by atoms with van der Waals surface area (Å²) in [5.74, 6) is 2.68. The lowest BCUT2D eigenvalue weighted by molar-refractivity contribution is 0.0734. The molecule has 1 aromatic carbocycles. The molecular weight excluding hydrogens is 290 g/mol. The summed E-state index contributed by atoms with van der Waals surface area (Å²) in [6.45, 7) is 1.08. The number of methoxy groups -OCH3 is 2. The number of hydrogen-bond acceptors (Lipinski definition) is 4. The maximum absolute atomic E-state index is 6.46. The van der Waals surface area contributed by atoms with E-state index in [1.54, 1.807) is 14.2 Å². The van der Waals surface area contributed by atoms with E-state index in [0.29, 0.717) is 6.04 Å². The maximum Gasteiger partial charge on any atom is 0.169 e. The number of hydrogen-bond donors (Lipinski definition) is 0. The Balaban J connectivity index is 1.84. The summed E-state index contributed by atoms with van der Waals surface area (Å²) in [5, 5.41) is 0. The normalized spacial score (nSPS) is 33.3. The summed E-state index contributed by atoms with van der Waals surface area (Å²) < 4.78 is 17.7. The predicted octanol–water partition coefficient (Wildman–Crippen LogP) is 2.42. The van der Waals surface area contributed by atoms with Gasteiger partial charge in [-0.05, 0) is 49.7 Å². The van der Waals surface area contributed by atoms with Crippen LogP contribution in [0.15, 0.2) is 35.6 Å². The maximum atomic E-state index is 6.46. The van der Waals surface area contributed by atoms with Gasteiger partial charge in [0, 0.05) is 11.6 Å². The minimum absolute atomic E-state index is 0.0611. The van der Waals surface area contributed by atoms with Gasteiger partial charge in [0.25, 0.3) is 0 Å². The second-order valence-corrected chi connectivity index (χ2v) is 6.95. The van der Waals surface area contributed by atoms with E-state index in [4.69, 9.17) is 14.2 Å². The van der Waals surface area contributed by atoms with E-state index < -0.39 is 0 Å². The number of allylic oxidation sites excluding steroid dienone is 2. The lowest BCUT2D eigenvalue weighted by Gasteiger charge is -2.52. The molecule has 0 radical (unpaired) electrons. The van der Waals surface area contributed by atoms with Crippen LogP contribution in [0.2, 0.25) is 0 Å². The Morgan fingerprint density at radius 1 is 1.22 bits per heavy atom. The fraction of sp³-hybridized carbons (Fsp3) is 0.474. The van der Waals surface area contributed by atoms with Gasteiger partial charge in [0.1, 0.15) is 5.76 Å². The Morgan fingerprint density at radius 3 is 2.87 bits per heavy atom. The first-order valence-electron chi connectivity index (χ1n) is 8.24. The van der Waals surface area contributed by atoms with Gasteiger partial charge < -0.3 is 14.2 Å². The van der Waals surface area contributed by atoms with Crippen LogP contribution in [0.5, 0.6) is 11.5 Å². The van der Waals surface area contributed by atoms with Crippen molar-refractivity contribution in [1.82, 2.24) is 4.90 Å². The molecule has 1 saturated heterocycles. The van der Waals surface area contributed by atoms with Gasteiger partial charge in [0.15, 0.2) is 17.6 Å². The van der Waals surface area contributed by atoms with Crippen molar-refractivity contribution in [3.05, 3.63) is 46.7 Å². The summed E-state index contributed by atoms with van der Waals surface area (Å²) >= 11 is 0. The molecule has 0 amide bonds. The van der Waals surface area contributed by atoms with E-state index in [9.17, 15) is 0 Å². The van der Waals surface area contributed by atoms with Crippen LogP contribution in [0, 0.1) is 0 Å². The topological polar surface area (TPSA) is 30.9 Å². The van der Waals surface area contributed by atoms with Crippen molar-refractivity contribution in [2.24, 2.45) is 0 Å². The zero-order valence-electron chi connectivity index (χ0n) is 13.8. The molecule has 0 aromatic heterocycles. The number of piperidine rings is 1. The van der Waals surface area contributed by atoms with Crippen LogP contribution in [-0.4, -0.2) is 44.9 Å². The van der Waals surface area contributed by atoms with Gasteiger partial charge in [0.05, 0.1) is 19.6 Å². The van der Waals surface area contributed by atoms with Crippen LogP contribution in [-0.2, 0) is 16.6 Å². The number of benzene rings is 1. The van der Waals surface area contributed by atoms with Crippen LogP contribution >= 0.6 is 0 Å². The molecule has 1 fully saturated rings. The third-order valence-electron chi connectivity index (χ3n) is 6.16. The summed E-state index contributed by atoms with van der Waals surface area (Å²) in [6.07, 6.45) is 6.41. The number of rotatable bonds is 2. The van der Waals surface area contributed by atoms with E-state index >= 15 is 0 Å². The summed E-state index contributed by atoms with van der Waals surface area (Å²) in [4.78, 5) is 2.48. The van der Waals surface area contributed by atoms with E-state index in [0.717, 1.165) is 36.6 Å². The smallest absolute Gasteiger partial charge is 0.169 e. The predicted molar refractivity (Wildman–Crippen MR) is 87.0 cm³/mol. The number of likely N-dealkylation sites (tertiary alicyclic amines) is 1. The highest BCUT2D eigenvalue weighted by Crippen LogP contribution is 2.62. The molecule has 2 heterocycles. The molecule has 2 aliphatic heterocycles. The standard InChI is InChI=1S/C19H21NO3/c1-20-9-8-19-12-5-7-15(22-3)18(19)23-17-14(21-2)6-4-11(16(17)19)10-13(12)20/h4-7,13,18H,8-10H2,1-3H3/t13?,18-,19?/m0/s1. The molecule has 1 spiro atoms. The Morgan fingerprint density at radius 2 is 2.09 bits per heavy atom. The molecule has 0 saturated carbocycles. The number of nitrogens with zero attached hydrogens (tertiary/aromatic N) is 1. The molecule has 23 heavy (non-hydrogen) atoms. The van der Waals surface area contributed by atoms with Crippen LogP contribution in [0.3, 0.4) is 0 Å². The van der Waals surface area contributed by atoms with Crippen LogP contribution < -0.4 is 9.47 Å². The lowest BCUT2D eigenvalue weighted by atomic mass is 9.57. The highest BCUT2D eigenvalue weighted by atomic mass is 16.6.